The van der Waals surface area contributed by atoms with Gasteiger partial charge in [-0.25, -0.2) is 0 Å². The second-order valence-electron chi connectivity index (χ2n) is 6.89. The van der Waals surface area contributed by atoms with Crippen LogP contribution in [0.15, 0.2) is 54.6 Å². The molecule has 4 rings (SSSR count). The molecule has 1 amide bonds. The van der Waals surface area contributed by atoms with Crippen LogP contribution >= 0.6 is 0 Å². The highest BCUT2D eigenvalue weighted by atomic mass is 16.5. The molecule has 1 aliphatic carbocycles. The van der Waals surface area contributed by atoms with E-state index in [-0.39, 0.29) is 12.5 Å². The van der Waals surface area contributed by atoms with Crippen LogP contribution in [0.25, 0.3) is 0 Å². The van der Waals surface area contributed by atoms with Gasteiger partial charge in [-0.1, -0.05) is 36.8 Å². The summed E-state index contributed by atoms with van der Waals surface area (Å²) in [6.45, 7) is 1.77. The molecule has 2 fully saturated rings. The van der Waals surface area contributed by atoms with Gasteiger partial charge < -0.3 is 14.8 Å². The fourth-order valence-electron chi connectivity index (χ4n) is 3.24. The summed E-state index contributed by atoms with van der Waals surface area (Å²) < 4.78 is 11.5. The molecule has 0 spiro atoms. The van der Waals surface area contributed by atoms with Crippen molar-refractivity contribution < 1.29 is 14.3 Å². The predicted molar refractivity (Wildman–Crippen MR) is 101 cm³/mol. The van der Waals surface area contributed by atoms with Gasteiger partial charge in [0.2, 0.25) is 0 Å². The van der Waals surface area contributed by atoms with Crippen LogP contribution in [0.5, 0.6) is 11.5 Å². The third-order valence-electron chi connectivity index (χ3n) is 5.01. The van der Waals surface area contributed by atoms with Gasteiger partial charge in [0, 0.05) is 12.6 Å². The smallest absolute Gasteiger partial charge is 0.262 e. The Kier molecular flexibility index (Phi) is 5.07. The van der Waals surface area contributed by atoms with Gasteiger partial charge in [0.15, 0.2) is 6.61 Å². The first-order valence-electron chi connectivity index (χ1n) is 9.25. The summed E-state index contributed by atoms with van der Waals surface area (Å²) in [7, 11) is 0. The maximum absolute atomic E-state index is 12.2. The maximum Gasteiger partial charge on any atom is 0.262 e. The van der Waals surface area contributed by atoms with E-state index in [1.54, 1.807) is 0 Å². The number of hydrogen-bond acceptors (Lipinski definition) is 4. The minimum Gasteiger partial charge on any atom is -0.490 e. The van der Waals surface area contributed by atoms with Crippen molar-refractivity contribution in [2.75, 3.05) is 25.1 Å². The molecule has 26 heavy (non-hydrogen) atoms. The number of nitrogens with zero attached hydrogens (tertiary/aromatic N) is 1. The zero-order chi connectivity index (χ0) is 17.8. The minimum atomic E-state index is -0.201. The molecule has 2 atom stereocenters. The average Bonchev–Trinajstić information content (AvgIpc) is 3.37. The van der Waals surface area contributed by atoms with E-state index in [1.807, 2.05) is 54.6 Å². The lowest BCUT2D eigenvalue weighted by Gasteiger charge is -2.27. The summed E-state index contributed by atoms with van der Waals surface area (Å²) in [5, 5.41) is 2.88. The molecule has 5 nitrogen and oxygen atoms in total. The molecule has 2 aliphatic rings. The summed E-state index contributed by atoms with van der Waals surface area (Å²) in [5.41, 5.74) is 0.685. The fraction of sp³-hybridized carbons (Fsp3) is 0.381. The normalized spacial score (nSPS) is 21.5. The summed E-state index contributed by atoms with van der Waals surface area (Å²) in [6.07, 6.45) is 4.00. The van der Waals surface area contributed by atoms with Crippen LogP contribution in [-0.4, -0.2) is 42.6 Å². The molecule has 1 saturated heterocycles. The Hall–Kier alpha value is -2.53. The number of nitrogens with one attached hydrogen (secondary N) is 1. The van der Waals surface area contributed by atoms with Crippen molar-refractivity contribution in [2.24, 2.45) is 0 Å². The minimum absolute atomic E-state index is 0.0313. The Labute approximate surface area is 153 Å². The van der Waals surface area contributed by atoms with Crippen molar-refractivity contribution in [3.8, 4) is 11.5 Å². The standard InChI is InChI=1S/C21H24N2O3/c24-21(15-25-18-9-2-1-3-10-18)22-19-11-4-5-12-20(19)26-14-17-13-23(17)16-7-6-8-16/h1-5,9-12,16-17H,6-8,13-15H2,(H,22,24). The lowest BCUT2D eigenvalue weighted by molar-refractivity contribution is -0.118. The number of hydrogen-bond donors (Lipinski definition) is 1. The molecule has 1 N–H and O–H groups in total. The van der Waals surface area contributed by atoms with Gasteiger partial charge in [-0.3, -0.25) is 9.69 Å². The Balaban J connectivity index is 1.27. The number of rotatable bonds is 8. The zero-order valence-corrected chi connectivity index (χ0v) is 14.8. The molecule has 2 aromatic carbocycles. The summed E-state index contributed by atoms with van der Waals surface area (Å²) >= 11 is 0. The van der Waals surface area contributed by atoms with Gasteiger partial charge in [-0.15, -0.1) is 0 Å². The number of carbonyl (C=O) groups is 1. The first-order chi connectivity index (χ1) is 12.8. The van der Waals surface area contributed by atoms with Crippen LogP contribution in [0.3, 0.4) is 0 Å². The van der Waals surface area contributed by atoms with E-state index in [9.17, 15) is 4.79 Å². The molecule has 2 aromatic rings. The Morgan fingerprint density at radius 1 is 1.04 bits per heavy atom. The molecule has 1 heterocycles. The van der Waals surface area contributed by atoms with Crippen LogP contribution in [0.4, 0.5) is 5.69 Å². The van der Waals surface area contributed by atoms with E-state index in [2.05, 4.69) is 10.2 Å². The first kappa shape index (κ1) is 16.9. The number of ether oxygens (including phenoxy) is 2. The predicted octanol–water partition coefficient (Wildman–Crippen LogP) is 3.32. The Morgan fingerprint density at radius 3 is 2.58 bits per heavy atom. The average molecular weight is 352 g/mol. The largest absolute Gasteiger partial charge is 0.490 e. The van der Waals surface area contributed by atoms with Gasteiger partial charge >= 0.3 is 0 Å². The number of carbonyl (C=O) groups excluding carboxylic acids is 1. The molecule has 0 bridgehead atoms. The number of benzene rings is 2. The van der Waals surface area contributed by atoms with Gasteiger partial charge in [0.1, 0.15) is 18.1 Å². The number of anilines is 1. The summed E-state index contributed by atoms with van der Waals surface area (Å²) in [6, 6.07) is 18.2. The first-order valence-corrected chi connectivity index (χ1v) is 9.25. The van der Waals surface area contributed by atoms with Gasteiger partial charge in [0.25, 0.3) is 5.91 Å². The second-order valence-corrected chi connectivity index (χ2v) is 6.89. The molecule has 136 valence electrons. The Bertz CT molecular complexity index is 746. The van der Waals surface area contributed by atoms with Crippen molar-refractivity contribution in [3.05, 3.63) is 54.6 Å². The van der Waals surface area contributed by atoms with E-state index in [4.69, 9.17) is 9.47 Å². The van der Waals surface area contributed by atoms with Crippen molar-refractivity contribution in [3.63, 3.8) is 0 Å². The van der Waals surface area contributed by atoms with Crippen LogP contribution in [0, 0.1) is 0 Å². The molecule has 1 aliphatic heterocycles. The quantitative estimate of drug-likeness (QED) is 0.741. The SMILES string of the molecule is O=C(COc1ccccc1)Nc1ccccc1OCC1CN1C1CCC1. The van der Waals surface area contributed by atoms with Crippen molar-refractivity contribution in [1.82, 2.24) is 4.90 Å². The molecule has 5 heteroatoms. The Morgan fingerprint density at radius 2 is 1.81 bits per heavy atom. The van der Waals surface area contributed by atoms with Gasteiger partial charge in [-0.2, -0.15) is 0 Å². The van der Waals surface area contributed by atoms with E-state index in [0.717, 1.165) is 12.6 Å². The molecule has 0 radical (unpaired) electrons. The van der Waals surface area contributed by atoms with Gasteiger partial charge in [0.05, 0.1) is 11.7 Å². The molecule has 0 aromatic heterocycles. The van der Waals surface area contributed by atoms with Crippen molar-refractivity contribution in [2.45, 2.75) is 31.3 Å². The van der Waals surface area contributed by atoms with Gasteiger partial charge in [-0.05, 0) is 37.1 Å². The number of para-hydroxylation sites is 3. The lowest BCUT2D eigenvalue weighted by Crippen LogP contribution is -2.29. The zero-order valence-electron chi connectivity index (χ0n) is 14.8. The maximum atomic E-state index is 12.2. The lowest BCUT2D eigenvalue weighted by atomic mass is 9.93. The monoisotopic (exact) mass is 352 g/mol. The van der Waals surface area contributed by atoms with Crippen LogP contribution in [0.2, 0.25) is 0 Å². The van der Waals surface area contributed by atoms with E-state index in [0.29, 0.717) is 29.8 Å². The van der Waals surface area contributed by atoms with Crippen LogP contribution < -0.4 is 14.8 Å². The second kappa shape index (κ2) is 7.79. The van der Waals surface area contributed by atoms with E-state index >= 15 is 0 Å². The highest BCUT2D eigenvalue weighted by Gasteiger charge is 2.42. The van der Waals surface area contributed by atoms with Crippen molar-refractivity contribution >= 4 is 11.6 Å². The molecule has 1 saturated carbocycles. The van der Waals surface area contributed by atoms with E-state index in [1.165, 1.54) is 19.3 Å². The summed E-state index contributed by atoms with van der Waals surface area (Å²) in [4.78, 5) is 14.7. The molecular formula is C21H24N2O3. The van der Waals surface area contributed by atoms with Crippen LogP contribution in [-0.2, 0) is 4.79 Å². The van der Waals surface area contributed by atoms with Crippen molar-refractivity contribution in [1.29, 1.82) is 0 Å². The topological polar surface area (TPSA) is 50.6 Å². The molecular weight excluding hydrogens is 328 g/mol. The summed E-state index contributed by atoms with van der Waals surface area (Å²) in [5.74, 6) is 1.19. The van der Waals surface area contributed by atoms with Crippen LogP contribution in [0.1, 0.15) is 19.3 Å². The third kappa shape index (κ3) is 4.17. The fourth-order valence-corrected chi connectivity index (χ4v) is 3.24. The molecule has 2 unspecified atom stereocenters. The number of amides is 1. The third-order valence-corrected chi connectivity index (χ3v) is 5.01. The highest BCUT2D eigenvalue weighted by molar-refractivity contribution is 5.93. The van der Waals surface area contributed by atoms with E-state index < -0.39 is 0 Å². The highest BCUT2D eigenvalue weighted by Crippen LogP contribution is 2.34.